The Balaban J connectivity index is 2.28. The van der Waals surface area contributed by atoms with Crippen molar-refractivity contribution in [2.75, 3.05) is 19.7 Å². The van der Waals surface area contributed by atoms with Crippen molar-refractivity contribution in [3.63, 3.8) is 0 Å². The number of hydrogen-bond donors (Lipinski definition) is 1. The number of carbonyl (C=O) groups excluding carboxylic acids is 1. The zero-order valence-corrected chi connectivity index (χ0v) is 12.8. The molecule has 1 atom stereocenters. The van der Waals surface area contributed by atoms with Crippen molar-refractivity contribution in [1.82, 2.24) is 4.90 Å². The van der Waals surface area contributed by atoms with E-state index in [0.29, 0.717) is 19.4 Å². The van der Waals surface area contributed by atoms with Gasteiger partial charge in [0.2, 0.25) is 0 Å². The second kappa shape index (κ2) is 6.34. The van der Waals surface area contributed by atoms with Crippen LogP contribution in [0.15, 0.2) is 18.2 Å². The largest absolute Gasteiger partial charge is 0.490 e. The van der Waals surface area contributed by atoms with Crippen molar-refractivity contribution in [2.45, 2.75) is 26.7 Å². The Morgan fingerprint density at radius 1 is 1.45 bits per heavy atom. The second-order valence-corrected chi connectivity index (χ2v) is 5.75. The van der Waals surface area contributed by atoms with E-state index in [1.165, 1.54) is 23.1 Å². The van der Waals surface area contributed by atoms with E-state index in [1.54, 1.807) is 13.8 Å². The van der Waals surface area contributed by atoms with E-state index in [2.05, 4.69) is 0 Å². The number of likely N-dealkylation sites (tertiary alicyclic amines) is 1. The minimum absolute atomic E-state index is 0.0717. The molecule has 0 radical (unpaired) electrons. The molecule has 1 unspecified atom stereocenters. The highest BCUT2D eigenvalue weighted by Crippen LogP contribution is 2.32. The van der Waals surface area contributed by atoms with Gasteiger partial charge >= 0.3 is 5.97 Å². The number of carboxylic acid groups (broad SMARTS) is 1. The van der Waals surface area contributed by atoms with Crippen molar-refractivity contribution in [3.8, 4) is 5.75 Å². The van der Waals surface area contributed by atoms with Gasteiger partial charge in [-0.15, -0.1) is 0 Å². The van der Waals surface area contributed by atoms with Crippen LogP contribution in [0.25, 0.3) is 0 Å². The fourth-order valence-corrected chi connectivity index (χ4v) is 2.73. The molecule has 1 aromatic rings. The van der Waals surface area contributed by atoms with E-state index in [9.17, 15) is 19.1 Å². The lowest BCUT2D eigenvalue weighted by Crippen LogP contribution is -2.48. The highest BCUT2D eigenvalue weighted by molar-refractivity contribution is 5.97. The van der Waals surface area contributed by atoms with Crippen LogP contribution in [-0.4, -0.2) is 41.6 Å². The normalized spacial score (nSPS) is 21.5. The third kappa shape index (κ3) is 3.05. The molecule has 2 rings (SSSR count). The number of carboxylic acids is 1. The molecule has 0 aromatic heterocycles. The number of ether oxygens (including phenoxy) is 1. The molecule has 1 aromatic carbocycles. The SMILES string of the molecule is CCOc1c(F)cccc1C(=O)N1CCCC(C)(C(=O)O)C1. The molecule has 1 aliphatic rings. The first kappa shape index (κ1) is 16.3. The van der Waals surface area contributed by atoms with Gasteiger partial charge in [0.05, 0.1) is 17.6 Å². The fraction of sp³-hybridized carbons (Fsp3) is 0.500. The summed E-state index contributed by atoms with van der Waals surface area (Å²) in [7, 11) is 0. The van der Waals surface area contributed by atoms with E-state index in [0.717, 1.165) is 0 Å². The molecule has 1 amide bonds. The Morgan fingerprint density at radius 3 is 2.82 bits per heavy atom. The topological polar surface area (TPSA) is 66.8 Å². The van der Waals surface area contributed by atoms with Crippen molar-refractivity contribution in [3.05, 3.63) is 29.6 Å². The summed E-state index contributed by atoms with van der Waals surface area (Å²) in [5.41, 5.74) is -0.830. The molecule has 1 aliphatic heterocycles. The molecule has 0 aliphatic carbocycles. The van der Waals surface area contributed by atoms with Gasteiger partial charge in [-0.1, -0.05) is 6.07 Å². The number of rotatable bonds is 4. The third-order valence-electron chi connectivity index (χ3n) is 3.99. The Morgan fingerprint density at radius 2 is 2.18 bits per heavy atom. The maximum atomic E-state index is 13.9. The number of nitrogens with zero attached hydrogens (tertiary/aromatic N) is 1. The molecule has 120 valence electrons. The summed E-state index contributed by atoms with van der Waals surface area (Å²) in [5, 5.41) is 9.33. The smallest absolute Gasteiger partial charge is 0.311 e. The van der Waals surface area contributed by atoms with Crippen LogP contribution in [0.1, 0.15) is 37.0 Å². The van der Waals surface area contributed by atoms with Crippen molar-refractivity contribution < 1.29 is 23.8 Å². The third-order valence-corrected chi connectivity index (χ3v) is 3.99. The van der Waals surface area contributed by atoms with Gasteiger partial charge in [0, 0.05) is 13.1 Å². The van der Waals surface area contributed by atoms with Crippen LogP contribution in [-0.2, 0) is 4.79 Å². The molecule has 0 bridgehead atoms. The van der Waals surface area contributed by atoms with Crippen LogP contribution in [0, 0.1) is 11.2 Å². The average Bonchev–Trinajstić information content (AvgIpc) is 2.48. The van der Waals surface area contributed by atoms with Gasteiger partial charge in [-0.05, 0) is 38.8 Å². The van der Waals surface area contributed by atoms with E-state index >= 15 is 0 Å². The summed E-state index contributed by atoms with van der Waals surface area (Å²) in [6.45, 7) is 4.16. The summed E-state index contributed by atoms with van der Waals surface area (Å²) in [5.74, 6) is -1.98. The Kier molecular flexibility index (Phi) is 4.68. The molecule has 1 N–H and O–H groups in total. The minimum Gasteiger partial charge on any atom is -0.490 e. The molecule has 22 heavy (non-hydrogen) atoms. The monoisotopic (exact) mass is 309 g/mol. The zero-order valence-electron chi connectivity index (χ0n) is 12.8. The van der Waals surface area contributed by atoms with Crippen molar-refractivity contribution >= 4 is 11.9 Å². The van der Waals surface area contributed by atoms with Gasteiger partial charge in [0.1, 0.15) is 0 Å². The number of benzene rings is 1. The lowest BCUT2D eigenvalue weighted by atomic mass is 9.82. The number of piperidine rings is 1. The Bertz CT molecular complexity index is 590. The van der Waals surface area contributed by atoms with Crippen LogP contribution < -0.4 is 4.74 Å². The molecule has 1 fully saturated rings. The number of halogens is 1. The van der Waals surface area contributed by atoms with E-state index in [4.69, 9.17) is 4.74 Å². The molecule has 6 heteroatoms. The lowest BCUT2D eigenvalue weighted by molar-refractivity contribution is -0.150. The minimum atomic E-state index is -0.965. The first-order chi connectivity index (χ1) is 10.4. The summed E-state index contributed by atoms with van der Waals surface area (Å²) in [4.78, 5) is 25.5. The molecular formula is C16H20FNO4. The molecule has 0 saturated carbocycles. The van der Waals surface area contributed by atoms with Gasteiger partial charge in [-0.25, -0.2) is 4.39 Å². The number of aliphatic carboxylic acids is 1. The molecular weight excluding hydrogens is 289 g/mol. The highest BCUT2D eigenvalue weighted by Gasteiger charge is 2.40. The summed E-state index contributed by atoms with van der Waals surface area (Å²) in [6.07, 6.45) is 1.13. The molecule has 0 spiro atoms. The van der Waals surface area contributed by atoms with Crippen LogP contribution in [0.3, 0.4) is 0 Å². The van der Waals surface area contributed by atoms with Crippen molar-refractivity contribution in [1.29, 1.82) is 0 Å². The summed E-state index contributed by atoms with van der Waals surface area (Å²) < 4.78 is 19.1. The predicted octanol–water partition coefficient (Wildman–Crippen LogP) is 2.55. The van der Waals surface area contributed by atoms with Gasteiger partial charge in [-0.2, -0.15) is 0 Å². The summed E-state index contributed by atoms with van der Waals surface area (Å²) in [6, 6.07) is 4.19. The van der Waals surface area contributed by atoms with E-state index in [-0.39, 0.29) is 24.5 Å². The summed E-state index contributed by atoms with van der Waals surface area (Å²) >= 11 is 0. The molecule has 5 nitrogen and oxygen atoms in total. The quantitative estimate of drug-likeness (QED) is 0.928. The molecule has 1 saturated heterocycles. The van der Waals surface area contributed by atoms with E-state index < -0.39 is 23.1 Å². The predicted molar refractivity (Wildman–Crippen MR) is 78.4 cm³/mol. The highest BCUT2D eigenvalue weighted by atomic mass is 19.1. The van der Waals surface area contributed by atoms with Crippen LogP contribution in [0.2, 0.25) is 0 Å². The average molecular weight is 309 g/mol. The number of para-hydroxylation sites is 1. The van der Waals surface area contributed by atoms with Crippen LogP contribution in [0.4, 0.5) is 4.39 Å². The van der Waals surface area contributed by atoms with Crippen LogP contribution >= 0.6 is 0 Å². The second-order valence-electron chi connectivity index (χ2n) is 5.75. The van der Waals surface area contributed by atoms with Gasteiger partial charge < -0.3 is 14.7 Å². The first-order valence-electron chi connectivity index (χ1n) is 7.33. The Labute approximate surface area is 128 Å². The lowest BCUT2D eigenvalue weighted by Gasteiger charge is -2.37. The zero-order chi connectivity index (χ0) is 16.3. The number of carbonyl (C=O) groups is 2. The van der Waals surface area contributed by atoms with Crippen LogP contribution in [0.5, 0.6) is 5.75 Å². The maximum Gasteiger partial charge on any atom is 0.311 e. The standard InChI is InChI=1S/C16H20FNO4/c1-3-22-13-11(6-4-7-12(13)17)14(19)18-9-5-8-16(2,10-18)15(20)21/h4,6-7H,3,5,8-10H2,1-2H3,(H,20,21). The van der Waals surface area contributed by atoms with E-state index in [1.807, 2.05) is 0 Å². The first-order valence-corrected chi connectivity index (χ1v) is 7.33. The number of amides is 1. The fourth-order valence-electron chi connectivity index (χ4n) is 2.73. The van der Waals surface area contributed by atoms with Gasteiger partial charge in [0.25, 0.3) is 5.91 Å². The maximum absolute atomic E-state index is 13.9. The Hall–Kier alpha value is -2.11. The van der Waals surface area contributed by atoms with Gasteiger partial charge in [0.15, 0.2) is 11.6 Å². The van der Waals surface area contributed by atoms with Gasteiger partial charge in [-0.3, -0.25) is 9.59 Å². The molecule has 1 heterocycles. The number of hydrogen-bond acceptors (Lipinski definition) is 3. The van der Waals surface area contributed by atoms with Crippen molar-refractivity contribution in [2.24, 2.45) is 5.41 Å².